The molecular weight excluding hydrogens is 440 g/mol. The molecule has 1 amide bonds. The normalized spacial score (nSPS) is 18.3. The Morgan fingerprint density at radius 3 is 2.53 bits per heavy atom. The number of aryl methyl sites for hydroxylation is 2. The van der Waals surface area contributed by atoms with Crippen LogP contribution in [-0.4, -0.2) is 16.0 Å². The lowest BCUT2D eigenvalue weighted by Crippen LogP contribution is -2.41. The van der Waals surface area contributed by atoms with E-state index >= 15 is 0 Å². The van der Waals surface area contributed by atoms with Gasteiger partial charge in [-0.15, -0.1) is 0 Å². The van der Waals surface area contributed by atoms with Crippen LogP contribution < -0.4 is 4.90 Å². The quantitative estimate of drug-likeness (QED) is 0.434. The summed E-state index contributed by atoms with van der Waals surface area (Å²) in [5.74, 6) is -0.330. The molecule has 0 aliphatic carbocycles. The van der Waals surface area contributed by atoms with Crippen LogP contribution in [0.25, 0.3) is 10.9 Å². The highest BCUT2D eigenvalue weighted by Gasteiger charge is 2.53. The van der Waals surface area contributed by atoms with Gasteiger partial charge in [-0.25, -0.2) is 0 Å². The van der Waals surface area contributed by atoms with Crippen LogP contribution in [0.15, 0.2) is 71.2 Å². The number of nitrogens with zero attached hydrogens (tertiary/aromatic N) is 1. The highest BCUT2D eigenvalue weighted by atomic mass is 79.9. The number of hydrogen-bond acceptors (Lipinski definition) is 2. The number of carbonyl (C=O) groups excluding carboxylic acids is 1. The van der Waals surface area contributed by atoms with E-state index in [0.29, 0.717) is 17.7 Å². The number of benzene rings is 3. The predicted octanol–water partition coefficient (Wildman–Crippen LogP) is 5.33. The molecular formula is C25H21BrN2O2. The average molecular weight is 461 g/mol. The number of aromatic amines is 1. The maximum absolute atomic E-state index is 13.8. The van der Waals surface area contributed by atoms with E-state index in [4.69, 9.17) is 0 Å². The zero-order chi connectivity index (χ0) is 21.0. The second kappa shape index (κ2) is 6.83. The Hall–Kier alpha value is -2.89. The van der Waals surface area contributed by atoms with Gasteiger partial charge in [0.25, 0.3) is 5.91 Å². The van der Waals surface area contributed by atoms with E-state index in [-0.39, 0.29) is 5.91 Å². The van der Waals surface area contributed by atoms with E-state index in [1.54, 1.807) is 4.90 Å². The van der Waals surface area contributed by atoms with Crippen molar-refractivity contribution in [3.63, 3.8) is 0 Å². The van der Waals surface area contributed by atoms with Crippen LogP contribution in [0.1, 0.15) is 27.9 Å². The summed E-state index contributed by atoms with van der Waals surface area (Å²) in [6.07, 6.45) is 0. The van der Waals surface area contributed by atoms with E-state index in [0.717, 1.165) is 32.3 Å². The lowest BCUT2D eigenvalue weighted by atomic mass is 9.85. The Bertz CT molecular complexity index is 1290. The molecule has 1 aliphatic heterocycles. The second-order valence-electron chi connectivity index (χ2n) is 7.92. The molecule has 4 nitrogen and oxygen atoms in total. The minimum absolute atomic E-state index is 0.330. The second-order valence-corrected chi connectivity index (χ2v) is 8.84. The number of nitrogens with one attached hydrogen (secondary N) is 1. The Morgan fingerprint density at radius 2 is 1.77 bits per heavy atom. The standard InChI is InChI=1S/C25H21BrN2O2/c1-15-7-9-17(10-8-15)14-28-22-12-11-18(26)13-20(22)25(30,24(28)29)23-16(2)27-21-6-4-3-5-19(21)23/h3-13,27,30H,14H2,1-2H3/t25-/m1/s1. The number of carbonyl (C=O) groups is 1. The molecule has 0 fully saturated rings. The van der Waals surface area contributed by atoms with Gasteiger partial charge in [0.15, 0.2) is 5.60 Å². The fourth-order valence-electron chi connectivity index (χ4n) is 4.47. The van der Waals surface area contributed by atoms with E-state index in [2.05, 4.69) is 20.9 Å². The number of aliphatic hydroxyl groups is 1. The number of hydrogen-bond donors (Lipinski definition) is 2. The SMILES string of the molecule is Cc1ccc(CN2C(=O)[C@](O)(c3c(C)[nH]c4ccccc34)c3cc(Br)ccc32)cc1. The van der Waals surface area contributed by atoms with Crippen molar-refractivity contribution in [1.29, 1.82) is 0 Å². The minimum Gasteiger partial charge on any atom is -0.372 e. The molecule has 1 aromatic heterocycles. The van der Waals surface area contributed by atoms with Crippen molar-refractivity contribution in [1.82, 2.24) is 4.98 Å². The van der Waals surface area contributed by atoms with Gasteiger partial charge < -0.3 is 15.0 Å². The third-order valence-electron chi connectivity index (χ3n) is 5.91. The van der Waals surface area contributed by atoms with Crippen molar-refractivity contribution in [2.45, 2.75) is 26.0 Å². The first-order chi connectivity index (χ1) is 14.4. The number of amides is 1. The van der Waals surface area contributed by atoms with Gasteiger partial charge in [-0.2, -0.15) is 0 Å². The van der Waals surface area contributed by atoms with Gasteiger partial charge in [-0.3, -0.25) is 4.79 Å². The fourth-order valence-corrected chi connectivity index (χ4v) is 4.83. The van der Waals surface area contributed by atoms with Crippen molar-refractivity contribution in [2.24, 2.45) is 0 Å². The number of halogens is 1. The molecule has 0 saturated carbocycles. The molecule has 5 rings (SSSR count). The third kappa shape index (κ3) is 2.73. The molecule has 150 valence electrons. The molecule has 5 heteroatoms. The monoisotopic (exact) mass is 460 g/mol. The maximum Gasteiger partial charge on any atom is 0.268 e. The van der Waals surface area contributed by atoms with Crippen LogP contribution in [0.4, 0.5) is 5.69 Å². The molecule has 0 radical (unpaired) electrons. The van der Waals surface area contributed by atoms with Crippen LogP contribution >= 0.6 is 15.9 Å². The van der Waals surface area contributed by atoms with Crippen molar-refractivity contribution in [3.8, 4) is 0 Å². The van der Waals surface area contributed by atoms with E-state index < -0.39 is 5.60 Å². The summed E-state index contributed by atoms with van der Waals surface area (Å²) in [5.41, 5.74) is 4.07. The van der Waals surface area contributed by atoms with E-state index in [9.17, 15) is 9.90 Å². The van der Waals surface area contributed by atoms with Gasteiger partial charge in [-0.1, -0.05) is 64.0 Å². The Kier molecular flexibility index (Phi) is 4.34. The van der Waals surface area contributed by atoms with Gasteiger partial charge in [0.05, 0.1) is 12.2 Å². The van der Waals surface area contributed by atoms with Gasteiger partial charge in [0.1, 0.15) is 0 Å². The van der Waals surface area contributed by atoms with E-state index in [1.807, 2.05) is 80.6 Å². The van der Waals surface area contributed by atoms with Crippen molar-refractivity contribution < 1.29 is 9.90 Å². The molecule has 0 saturated heterocycles. The first-order valence-corrected chi connectivity index (χ1v) is 10.7. The average Bonchev–Trinajstić information content (AvgIpc) is 3.17. The number of fused-ring (bicyclic) bond motifs is 2. The lowest BCUT2D eigenvalue weighted by Gasteiger charge is -2.24. The van der Waals surface area contributed by atoms with Crippen LogP contribution in [0.2, 0.25) is 0 Å². The Labute approximate surface area is 183 Å². The summed E-state index contributed by atoms with van der Waals surface area (Å²) in [4.78, 5) is 18.8. The smallest absolute Gasteiger partial charge is 0.268 e. The molecule has 0 bridgehead atoms. The molecule has 3 aromatic carbocycles. The van der Waals surface area contributed by atoms with Crippen molar-refractivity contribution >= 4 is 38.4 Å². The number of para-hydroxylation sites is 1. The molecule has 2 heterocycles. The maximum atomic E-state index is 13.8. The zero-order valence-electron chi connectivity index (χ0n) is 16.7. The summed E-state index contributed by atoms with van der Waals surface area (Å²) in [5, 5.41) is 12.9. The van der Waals surface area contributed by atoms with Crippen LogP contribution in [-0.2, 0) is 16.9 Å². The molecule has 1 aliphatic rings. The number of H-pyrrole nitrogens is 1. The number of anilines is 1. The predicted molar refractivity (Wildman–Crippen MR) is 123 cm³/mol. The van der Waals surface area contributed by atoms with Crippen LogP contribution in [0.3, 0.4) is 0 Å². The molecule has 0 spiro atoms. The topological polar surface area (TPSA) is 56.3 Å². The van der Waals surface area contributed by atoms with Gasteiger partial charge >= 0.3 is 0 Å². The fraction of sp³-hybridized carbons (Fsp3) is 0.160. The minimum atomic E-state index is -1.76. The van der Waals surface area contributed by atoms with Gasteiger partial charge in [0, 0.05) is 32.2 Å². The van der Waals surface area contributed by atoms with Crippen LogP contribution in [0.5, 0.6) is 0 Å². The molecule has 2 N–H and O–H groups in total. The molecule has 1 atom stereocenters. The summed E-state index contributed by atoms with van der Waals surface area (Å²) in [6, 6.07) is 21.5. The zero-order valence-corrected chi connectivity index (χ0v) is 18.3. The Morgan fingerprint density at radius 1 is 1.03 bits per heavy atom. The molecule has 30 heavy (non-hydrogen) atoms. The van der Waals surface area contributed by atoms with Gasteiger partial charge in [0.2, 0.25) is 0 Å². The van der Waals surface area contributed by atoms with Crippen LogP contribution in [0, 0.1) is 13.8 Å². The van der Waals surface area contributed by atoms with Crippen molar-refractivity contribution in [3.05, 3.63) is 99.2 Å². The highest BCUT2D eigenvalue weighted by Crippen LogP contribution is 2.48. The lowest BCUT2D eigenvalue weighted by molar-refractivity contribution is -0.132. The summed E-state index contributed by atoms with van der Waals surface area (Å²) in [6.45, 7) is 4.34. The number of aromatic nitrogens is 1. The summed E-state index contributed by atoms with van der Waals surface area (Å²) < 4.78 is 0.821. The summed E-state index contributed by atoms with van der Waals surface area (Å²) >= 11 is 3.51. The van der Waals surface area contributed by atoms with Crippen molar-refractivity contribution in [2.75, 3.05) is 4.90 Å². The third-order valence-corrected chi connectivity index (χ3v) is 6.40. The Balaban J connectivity index is 1.71. The first kappa shape index (κ1) is 19.1. The van der Waals surface area contributed by atoms with E-state index in [1.165, 1.54) is 5.56 Å². The van der Waals surface area contributed by atoms with Gasteiger partial charge in [-0.05, 0) is 43.7 Å². The summed E-state index contributed by atoms with van der Waals surface area (Å²) in [7, 11) is 0. The highest BCUT2D eigenvalue weighted by molar-refractivity contribution is 9.10. The largest absolute Gasteiger partial charge is 0.372 e. The number of rotatable bonds is 3. The first-order valence-electron chi connectivity index (χ1n) is 9.87. The molecule has 4 aromatic rings. The molecule has 0 unspecified atom stereocenters.